The number of carboxylic acid groups (broad SMARTS) is 1. The van der Waals surface area contributed by atoms with Crippen molar-refractivity contribution in [3.63, 3.8) is 0 Å². The molecule has 1 unspecified atom stereocenters. The molecule has 0 aliphatic rings. The Hall–Kier alpha value is -2.88. The molecule has 0 fully saturated rings. The van der Waals surface area contributed by atoms with Gasteiger partial charge >= 0.3 is 12.1 Å². The molecule has 0 spiro atoms. The zero-order chi connectivity index (χ0) is 19.3. The molecule has 0 bridgehead atoms. The number of alkyl halides is 3. The summed E-state index contributed by atoms with van der Waals surface area (Å²) in [5.74, 6) is -1.88. The first kappa shape index (κ1) is 19.4. The summed E-state index contributed by atoms with van der Waals surface area (Å²) in [7, 11) is 1.41. The number of aliphatic carboxylic acids is 1. The fraction of sp³-hybridized carbons (Fsp3) is 0.312. The van der Waals surface area contributed by atoms with Gasteiger partial charge in [0, 0.05) is 31.9 Å². The maximum Gasteiger partial charge on any atom is 0.435 e. The average Bonchev–Trinajstić information content (AvgIpc) is 3.08. The van der Waals surface area contributed by atoms with Crippen LogP contribution in [0.2, 0.25) is 0 Å². The first-order chi connectivity index (χ1) is 12.2. The number of nitrogens with zero attached hydrogens (tertiary/aromatic N) is 2. The minimum absolute atomic E-state index is 0.0748. The Morgan fingerprint density at radius 1 is 1.35 bits per heavy atom. The average molecular weight is 371 g/mol. The SMILES string of the molecule is COCCC(NC(=O)c1cccc(-n2ccc(C(F)(F)F)n2)c1)C(=O)O. The van der Waals surface area contributed by atoms with Gasteiger partial charge in [0.1, 0.15) is 6.04 Å². The lowest BCUT2D eigenvalue weighted by Crippen LogP contribution is -2.41. The van der Waals surface area contributed by atoms with E-state index in [0.29, 0.717) is 0 Å². The lowest BCUT2D eigenvalue weighted by atomic mass is 10.1. The van der Waals surface area contributed by atoms with Gasteiger partial charge in [0.15, 0.2) is 5.69 Å². The Kier molecular flexibility index (Phi) is 5.98. The highest BCUT2D eigenvalue weighted by Crippen LogP contribution is 2.27. The molecular weight excluding hydrogens is 355 g/mol. The topological polar surface area (TPSA) is 93.5 Å². The van der Waals surface area contributed by atoms with Crippen molar-refractivity contribution >= 4 is 11.9 Å². The van der Waals surface area contributed by atoms with Crippen LogP contribution in [0.1, 0.15) is 22.5 Å². The number of aromatic nitrogens is 2. The molecule has 26 heavy (non-hydrogen) atoms. The Bertz CT molecular complexity index is 789. The van der Waals surface area contributed by atoms with Gasteiger partial charge in [-0.25, -0.2) is 9.48 Å². The van der Waals surface area contributed by atoms with Crippen LogP contribution in [0.25, 0.3) is 5.69 Å². The monoisotopic (exact) mass is 371 g/mol. The van der Waals surface area contributed by atoms with E-state index in [1.807, 2.05) is 0 Å². The number of methoxy groups -OCH3 is 1. The van der Waals surface area contributed by atoms with E-state index >= 15 is 0 Å². The van der Waals surface area contributed by atoms with E-state index < -0.39 is 29.8 Å². The highest BCUT2D eigenvalue weighted by Gasteiger charge is 2.33. The van der Waals surface area contributed by atoms with E-state index in [-0.39, 0.29) is 24.3 Å². The van der Waals surface area contributed by atoms with Gasteiger partial charge in [0.25, 0.3) is 5.91 Å². The molecule has 140 valence electrons. The van der Waals surface area contributed by atoms with Gasteiger partial charge in [-0.05, 0) is 24.3 Å². The van der Waals surface area contributed by atoms with Crippen LogP contribution in [-0.4, -0.2) is 46.5 Å². The second kappa shape index (κ2) is 8.00. The van der Waals surface area contributed by atoms with E-state index in [1.54, 1.807) is 0 Å². The molecule has 1 aromatic heterocycles. The van der Waals surface area contributed by atoms with Crippen molar-refractivity contribution in [2.75, 3.05) is 13.7 Å². The molecule has 7 nitrogen and oxygen atoms in total. The van der Waals surface area contributed by atoms with E-state index in [9.17, 15) is 22.8 Å². The third-order valence-corrected chi connectivity index (χ3v) is 3.47. The third-order valence-electron chi connectivity index (χ3n) is 3.47. The van der Waals surface area contributed by atoms with Crippen LogP contribution in [0.15, 0.2) is 36.5 Å². The molecular formula is C16H16F3N3O4. The van der Waals surface area contributed by atoms with Crippen molar-refractivity contribution < 1.29 is 32.6 Å². The summed E-state index contributed by atoms with van der Waals surface area (Å²) in [6.45, 7) is 0.144. The number of hydrogen-bond donors (Lipinski definition) is 2. The maximum atomic E-state index is 12.6. The molecule has 2 rings (SSSR count). The number of nitrogens with one attached hydrogen (secondary N) is 1. The highest BCUT2D eigenvalue weighted by atomic mass is 19.4. The van der Waals surface area contributed by atoms with Crippen molar-refractivity contribution in [3.8, 4) is 5.69 Å². The molecule has 1 amide bonds. The Balaban J connectivity index is 2.19. The van der Waals surface area contributed by atoms with Crippen LogP contribution in [0.4, 0.5) is 13.2 Å². The van der Waals surface area contributed by atoms with Gasteiger partial charge < -0.3 is 15.2 Å². The number of benzene rings is 1. The van der Waals surface area contributed by atoms with Crippen molar-refractivity contribution in [3.05, 3.63) is 47.8 Å². The molecule has 1 heterocycles. The quantitative estimate of drug-likeness (QED) is 0.778. The number of ether oxygens (including phenoxy) is 1. The molecule has 0 saturated carbocycles. The highest BCUT2D eigenvalue weighted by molar-refractivity contribution is 5.97. The van der Waals surface area contributed by atoms with Crippen molar-refractivity contribution in [1.82, 2.24) is 15.1 Å². The van der Waals surface area contributed by atoms with E-state index in [4.69, 9.17) is 9.84 Å². The summed E-state index contributed by atoms with van der Waals surface area (Å²) in [5, 5.41) is 14.9. The van der Waals surface area contributed by atoms with Crippen LogP contribution in [-0.2, 0) is 15.7 Å². The first-order valence-electron chi connectivity index (χ1n) is 7.48. The van der Waals surface area contributed by atoms with Crippen LogP contribution < -0.4 is 5.32 Å². The summed E-state index contributed by atoms with van der Waals surface area (Å²) < 4.78 is 43.7. The number of hydrogen-bond acceptors (Lipinski definition) is 4. The minimum Gasteiger partial charge on any atom is -0.480 e. The van der Waals surface area contributed by atoms with Crippen LogP contribution in [0.5, 0.6) is 0 Å². The van der Waals surface area contributed by atoms with Gasteiger partial charge in [-0.3, -0.25) is 4.79 Å². The van der Waals surface area contributed by atoms with Gasteiger partial charge in [0.05, 0.1) is 5.69 Å². The number of carboxylic acids is 1. The number of carbonyl (C=O) groups is 2. The molecule has 0 radical (unpaired) electrons. The van der Waals surface area contributed by atoms with E-state index in [0.717, 1.165) is 16.9 Å². The predicted octanol–water partition coefficient (Wildman–Crippen LogP) is 2.11. The lowest BCUT2D eigenvalue weighted by Gasteiger charge is -2.14. The number of rotatable bonds is 7. The zero-order valence-electron chi connectivity index (χ0n) is 13.7. The Morgan fingerprint density at radius 2 is 2.08 bits per heavy atom. The number of halogens is 3. The molecule has 0 aliphatic carbocycles. The predicted molar refractivity (Wildman–Crippen MR) is 83.9 cm³/mol. The van der Waals surface area contributed by atoms with Crippen LogP contribution in [0.3, 0.4) is 0 Å². The molecule has 2 N–H and O–H groups in total. The summed E-state index contributed by atoms with van der Waals surface area (Å²) in [5.41, 5.74) is -0.731. The van der Waals surface area contributed by atoms with Crippen LogP contribution >= 0.6 is 0 Å². The molecule has 0 aliphatic heterocycles. The van der Waals surface area contributed by atoms with E-state index in [1.165, 1.54) is 31.4 Å². The van der Waals surface area contributed by atoms with Gasteiger partial charge in [-0.2, -0.15) is 18.3 Å². The van der Waals surface area contributed by atoms with Crippen molar-refractivity contribution in [2.24, 2.45) is 0 Å². The van der Waals surface area contributed by atoms with Gasteiger partial charge in [0.2, 0.25) is 0 Å². The van der Waals surface area contributed by atoms with E-state index in [2.05, 4.69) is 10.4 Å². The molecule has 1 atom stereocenters. The number of amides is 1. The molecule has 1 aromatic carbocycles. The molecule has 10 heteroatoms. The first-order valence-corrected chi connectivity index (χ1v) is 7.48. The summed E-state index contributed by atoms with van der Waals surface area (Å²) in [6, 6.07) is 5.35. The second-order valence-corrected chi connectivity index (χ2v) is 5.34. The Labute approximate surface area is 146 Å². The largest absolute Gasteiger partial charge is 0.480 e. The fourth-order valence-electron chi connectivity index (χ4n) is 2.14. The normalized spacial score (nSPS) is 12.6. The minimum atomic E-state index is -4.57. The fourth-order valence-corrected chi connectivity index (χ4v) is 2.14. The lowest BCUT2D eigenvalue weighted by molar-refractivity contribution is -0.141. The van der Waals surface area contributed by atoms with Crippen molar-refractivity contribution in [2.45, 2.75) is 18.6 Å². The summed E-state index contributed by atoms with van der Waals surface area (Å²) in [4.78, 5) is 23.4. The summed E-state index contributed by atoms with van der Waals surface area (Å²) >= 11 is 0. The molecule has 2 aromatic rings. The van der Waals surface area contributed by atoms with Crippen molar-refractivity contribution in [1.29, 1.82) is 0 Å². The standard InChI is InChI=1S/C16H16F3N3O4/c1-26-8-6-12(15(24)25)20-14(23)10-3-2-4-11(9-10)22-7-5-13(21-22)16(17,18)19/h2-5,7,9,12H,6,8H2,1H3,(H,20,23)(H,24,25). The summed E-state index contributed by atoms with van der Waals surface area (Å²) in [6.07, 6.45) is -3.37. The zero-order valence-corrected chi connectivity index (χ0v) is 13.7. The van der Waals surface area contributed by atoms with Gasteiger partial charge in [-0.1, -0.05) is 6.07 Å². The smallest absolute Gasteiger partial charge is 0.435 e. The third kappa shape index (κ3) is 4.82. The maximum absolute atomic E-state index is 12.6. The van der Waals surface area contributed by atoms with Crippen LogP contribution in [0, 0.1) is 0 Å². The molecule has 0 saturated heterocycles. The number of carbonyl (C=O) groups excluding carboxylic acids is 1. The second-order valence-electron chi connectivity index (χ2n) is 5.34. The Morgan fingerprint density at radius 3 is 2.65 bits per heavy atom. The van der Waals surface area contributed by atoms with Gasteiger partial charge in [-0.15, -0.1) is 0 Å².